The maximum Gasteiger partial charge on any atom is 0.324 e. The van der Waals surface area contributed by atoms with E-state index >= 15 is 0 Å². The second-order valence-corrected chi connectivity index (χ2v) is 8.17. The third-order valence-corrected chi connectivity index (χ3v) is 6.12. The summed E-state index contributed by atoms with van der Waals surface area (Å²) in [7, 11) is 0. The molecule has 4 rings (SSSR count). The van der Waals surface area contributed by atoms with Crippen LogP contribution in [0.2, 0.25) is 5.02 Å². The van der Waals surface area contributed by atoms with E-state index in [0.29, 0.717) is 30.6 Å². The average Bonchev–Trinajstić information content (AvgIpc) is 3.20. The number of carbonyl (C=O) groups excluding carboxylic acids is 1. The smallest absolute Gasteiger partial charge is 0.324 e. The number of urea groups is 1. The molecular formula is C20H23ClFN3O3. The van der Waals surface area contributed by atoms with E-state index in [4.69, 9.17) is 20.9 Å². The van der Waals surface area contributed by atoms with Gasteiger partial charge in [0.15, 0.2) is 0 Å². The number of benzene rings is 1. The molecule has 2 saturated heterocycles. The zero-order valence-electron chi connectivity index (χ0n) is 15.9. The highest BCUT2D eigenvalue weighted by Gasteiger charge is 2.44. The predicted octanol–water partition coefficient (Wildman–Crippen LogP) is 4.65. The number of hydrogen-bond donors (Lipinski definition) is 1. The van der Waals surface area contributed by atoms with Gasteiger partial charge in [-0.05, 0) is 56.9 Å². The van der Waals surface area contributed by atoms with Crippen LogP contribution in [0.1, 0.15) is 42.0 Å². The molecule has 8 heteroatoms. The number of piperidine rings is 1. The predicted molar refractivity (Wildman–Crippen MR) is 103 cm³/mol. The van der Waals surface area contributed by atoms with Crippen molar-refractivity contribution in [1.29, 1.82) is 0 Å². The molecule has 6 nitrogen and oxygen atoms in total. The van der Waals surface area contributed by atoms with Crippen LogP contribution in [0.5, 0.6) is 0 Å². The molecule has 0 radical (unpaired) electrons. The van der Waals surface area contributed by atoms with Crippen molar-refractivity contribution in [2.75, 3.05) is 25.0 Å². The second kappa shape index (κ2) is 7.37. The summed E-state index contributed by atoms with van der Waals surface area (Å²) in [6, 6.07) is 4.46. The Balaban J connectivity index is 1.36. The number of amides is 2. The van der Waals surface area contributed by atoms with E-state index in [1.54, 1.807) is 4.90 Å². The van der Waals surface area contributed by atoms with Gasteiger partial charge in [0.2, 0.25) is 5.88 Å². The third kappa shape index (κ3) is 3.73. The highest BCUT2D eigenvalue weighted by atomic mass is 35.5. The van der Waals surface area contributed by atoms with Crippen LogP contribution in [-0.2, 0) is 4.74 Å². The number of likely N-dealkylation sites (tertiary alicyclic amines) is 1. The number of hydrogen-bond acceptors (Lipinski definition) is 4. The third-order valence-electron chi connectivity index (χ3n) is 5.90. The van der Waals surface area contributed by atoms with Crippen molar-refractivity contribution in [1.82, 2.24) is 10.1 Å². The van der Waals surface area contributed by atoms with Crippen molar-refractivity contribution >= 4 is 23.5 Å². The molecule has 0 bridgehead atoms. The van der Waals surface area contributed by atoms with Crippen LogP contribution in [-0.4, -0.2) is 41.4 Å². The summed E-state index contributed by atoms with van der Waals surface area (Å²) in [6.07, 6.45) is 2.30. The summed E-state index contributed by atoms with van der Waals surface area (Å²) >= 11 is 5.99. The summed E-state index contributed by atoms with van der Waals surface area (Å²) in [4.78, 5) is 14.3. The van der Waals surface area contributed by atoms with Crippen molar-refractivity contribution in [2.45, 2.75) is 44.6 Å². The molecule has 3 heterocycles. The van der Waals surface area contributed by atoms with E-state index < -0.39 is 0 Å². The van der Waals surface area contributed by atoms with Gasteiger partial charge in [0.05, 0.1) is 17.9 Å². The minimum Gasteiger partial charge on any atom is -0.374 e. The van der Waals surface area contributed by atoms with E-state index in [-0.39, 0.29) is 23.4 Å². The Labute approximate surface area is 168 Å². The van der Waals surface area contributed by atoms with Crippen LogP contribution in [0.15, 0.2) is 22.7 Å². The maximum atomic E-state index is 13.7. The lowest BCUT2D eigenvalue weighted by atomic mass is 9.83. The van der Waals surface area contributed by atoms with Gasteiger partial charge in [-0.15, -0.1) is 0 Å². The standard InChI is InChI=1S/C20H23ClFN3O3/c1-12-13(2)24-28-18(12)23-19(26)25-5-3-20(4-6-25)10-15(11-27-20)14-7-16(21)9-17(22)8-14/h7-9,15H,3-6,10-11H2,1-2H3,(H,23,26). The Morgan fingerprint density at radius 1 is 1.32 bits per heavy atom. The molecule has 150 valence electrons. The Kier molecular flexibility index (Phi) is 5.05. The van der Waals surface area contributed by atoms with Gasteiger partial charge in [0.25, 0.3) is 0 Å². The molecule has 1 aromatic heterocycles. The second-order valence-electron chi connectivity index (χ2n) is 7.74. The van der Waals surface area contributed by atoms with Gasteiger partial charge in [-0.2, -0.15) is 0 Å². The molecule has 1 aromatic carbocycles. The molecule has 2 fully saturated rings. The molecule has 1 atom stereocenters. The number of carbonyl (C=O) groups is 1. The summed E-state index contributed by atoms with van der Waals surface area (Å²) < 4.78 is 25.0. The number of aromatic nitrogens is 1. The molecule has 2 aliphatic rings. The Morgan fingerprint density at radius 3 is 2.71 bits per heavy atom. The van der Waals surface area contributed by atoms with E-state index in [1.807, 2.05) is 19.9 Å². The number of anilines is 1. The van der Waals surface area contributed by atoms with Gasteiger partial charge >= 0.3 is 6.03 Å². The van der Waals surface area contributed by atoms with Gasteiger partial charge in [-0.25, -0.2) is 9.18 Å². The van der Waals surface area contributed by atoms with E-state index in [2.05, 4.69) is 10.5 Å². The van der Waals surface area contributed by atoms with Gasteiger partial charge in [-0.3, -0.25) is 5.32 Å². The van der Waals surface area contributed by atoms with Crippen molar-refractivity contribution in [3.05, 3.63) is 45.9 Å². The Morgan fingerprint density at radius 2 is 2.07 bits per heavy atom. The van der Waals surface area contributed by atoms with Crippen molar-refractivity contribution in [3.8, 4) is 0 Å². The minimum absolute atomic E-state index is 0.119. The first-order chi connectivity index (χ1) is 13.3. The monoisotopic (exact) mass is 407 g/mol. The summed E-state index contributed by atoms with van der Waals surface area (Å²) in [5.74, 6) is 0.184. The topological polar surface area (TPSA) is 67.6 Å². The molecule has 1 N–H and O–H groups in total. The highest BCUT2D eigenvalue weighted by Crippen LogP contribution is 2.43. The van der Waals surface area contributed by atoms with E-state index in [0.717, 1.165) is 36.1 Å². The number of halogens is 2. The number of nitrogens with one attached hydrogen (secondary N) is 1. The van der Waals surface area contributed by atoms with Gasteiger partial charge in [0.1, 0.15) is 5.82 Å². The molecule has 2 aromatic rings. The zero-order valence-corrected chi connectivity index (χ0v) is 16.7. The minimum atomic E-state index is -0.326. The normalized spacial score (nSPS) is 21.3. The first-order valence-electron chi connectivity index (χ1n) is 9.44. The molecule has 2 amide bonds. The molecule has 2 aliphatic heterocycles. The van der Waals surface area contributed by atoms with Crippen LogP contribution in [0, 0.1) is 19.7 Å². The van der Waals surface area contributed by atoms with Crippen molar-refractivity contribution < 1.29 is 18.4 Å². The Bertz CT molecular complexity index is 873. The number of rotatable bonds is 2. The zero-order chi connectivity index (χ0) is 19.9. The van der Waals surface area contributed by atoms with Crippen LogP contribution >= 0.6 is 11.6 Å². The fourth-order valence-corrected chi connectivity index (χ4v) is 4.27. The first-order valence-corrected chi connectivity index (χ1v) is 9.82. The lowest BCUT2D eigenvalue weighted by molar-refractivity contribution is -0.0355. The fourth-order valence-electron chi connectivity index (χ4n) is 4.04. The largest absolute Gasteiger partial charge is 0.374 e. The van der Waals surface area contributed by atoms with Gasteiger partial charge in [-0.1, -0.05) is 16.8 Å². The number of aryl methyl sites for hydroxylation is 1. The highest BCUT2D eigenvalue weighted by molar-refractivity contribution is 6.30. The molecule has 0 saturated carbocycles. The lowest BCUT2D eigenvalue weighted by Crippen LogP contribution is -2.47. The average molecular weight is 408 g/mol. The van der Waals surface area contributed by atoms with Gasteiger partial charge in [0, 0.05) is 29.6 Å². The quantitative estimate of drug-likeness (QED) is 0.786. The van der Waals surface area contributed by atoms with Crippen molar-refractivity contribution in [3.63, 3.8) is 0 Å². The van der Waals surface area contributed by atoms with E-state index in [9.17, 15) is 9.18 Å². The SMILES string of the molecule is Cc1noc(NC(=O)N2CCC3(CC2)CC(c2cc(F)cc(Cl)c2)CO3)c1C. The van der Waals surface area contributed by atoms with Crippen molar-refractivity contribution in [2.24, 2.45) is 0 Å². The summed E-state index contributed by atoms with van der Waals surface area (Å²) in [6.45, 7) is 5.42. The molecular weight excluding hydrogens is 385 g/mol. The number of ether oxygens (including phenoxy) is 1. The van der Waals surface area contributed by atoms with Crippen LogP contribution in [0.3, 0.4) is 0 Å². The first kappa shape index (κ1) is 19.2. The summed E-state index contributed by atoms with van der Waals surface area (Å²) in [5, 5.41) is 7.05. The number of nitrogens with zero attached hydrogens (tertiary/aromatic N) is 2. The fraction of sp³-hybridized carbons (Fsp3) is 0.500. The van der Waals surface area contributed by atoms with Crippen LogP contribution < -0.4 is 5.32 Å². The Hall–Kier alpha value is -2.12. The molecule has 1 spiro atoms. The van der Waals surface area contributed by atoms with Crippen LogP contribution in [0.25, 0.3) is 0 Å². The van der Waals surface area contributed by atoms with Crippen LogP contribution in [0.4, 0.5) is 15.1 Å². The molecule has 0 aliphatic carbocycles. The van der Waals surface area contributed by atoms with E-state index in [1.165, 1.54) is 12.1 Å². The summed E-state index contributed by atoms with van der Waals surface area (Å²) in [5.41, 5.74) is 2.20. The molecule has 28 heavy (non-hydrogen) atoms. The van der Waals surface area contributed by atoms with Gasteiger partial charge < -0.3 is 14.2 Å². The molecule has 1 unspecified atom stereocenters. The maximum absolute atomic E-state index is 13.7. The lowest BCUT2D eigenvalue weighted by Gasteiger charge is -2.38.